The molecule has 0 bridgehead atoms. The zero-order chi connectivity index (χ0) is 21.1. The Hall–Kier alpha value is -3.06. The Morgan fingerprint density at radius 2 is 1.66 bits per heavy atom. The van der Waals surface area contributed by atoms with E-state index >= 15 is 0 Å². The minimum Gasteiger partial charge on any atom is -0.491 e. The van der Waals surface area contributed by atoms with Crippen LogP contribution in [-0.4, -0.2) is 44.7 Å². The Morgan fingerprint density at radius 3 is 2.28 bits per heavy atom. The van der Waals surface area contributed by atoms with Gasteiger partial charge >= 0.3 is 0 Å². The van der Waals surface area contributed by atoms with Crippen molar-refractivity contribution in [2.75, 3.05) is 37.4 Å². The Kier molecular flexibility index (Phi) is 8.98. The van der Waals surface area contributed by atoms with Crippen molar-refractivity contribution in [3.8, 4) is 5.75 Å². The number of rotatable bonds is 11. The van der Waals surface area contributed by atoms with Crippen molar-refractivity contribution >= 4 is 23.2 Å². The van der Waals surface area contributed by atoms with Gasteiger partial charge in [0.25, 0.3) is 5.91 Å². The van der Waals surface area contributed by atoms with Gasteiger partial charge in [-0.25, -0.2) is 0 Å². The minimum absolute atomic E-state index is 0.130. The van der Waals surface area contributed by atoms with Crippen LogP contribution in [0.15, 0.2) is 48.5 Å². The van der Waals surface area contributed by atoms with Gasteiger partial charge in [-0.15, -0.1) is 0 Å². The summed E-state index contributed by atoms with van der Waals surface area (Å²) >= 11 is 0. The number of amides is 2. The van der Waals surface area contributed by atoms with Crippen LogP contribution in [-0.2, 0) is 9.53 Å². The van der Waals surface area contributed by atoms with Gasteiger partial charge in [0.2, 0.25) is 5.91 Å². The van der Waals surface area contributed by atoms with Crippen molar-refractivity contribution in [3.63, 3.8) is 0 Å². The molecule has 2 aromatic carbocycles. The lowest BCUT2D eigenvalue weighted by Crippen LogP contribution is -2.27. The molecule has 2 amide bonds. The lowest BCUT2D eigenvalue weighted by atomic mass is 10.2. The van der Waals surface area contributed by atoms with Gasteiger partial charge in [0.1, 0.15) is 5.75 Å². The summed E-state index contributed by atoms with van der Waals surface area (Å²) < 4.78 is 10.6. The summed E-state index contributed by atoms with van der Waals surface area (Å²) in [6, 6.07) is 14.2. The summed E-state index contributed by atoms with van der Waals surface area (Å²) in [6.45, 7) is 5.14. The summed E-state index contributed by atoms with van der Waals surface area (Å²) in [6.07, 6.45) is 1.11. The van der Waals surface area contributed by atoms with Crippen LogP contribution >= 0.6 is 0 Å². The van der Waals surface area contributed by atoms with Gasteiger partial charge in [0.05, 0.1) is 19.3 Å². The molecule has 0 aliphatic heterocycles. The Bertz CT molecular complexity index is 776. The second-order valence-electron chi connectivity index (χ2n) is 6.59. The first-order valence-corrected chi connectivity index (χ1v) is 9.69. The Balaban J connectivity index is 1.78. The van der Waals surface area contributed by atoms with E-state index in [1.54, 1.807) is 31.4 Å². The molecule has 0 saturated carbocycles. The lowest BCUT2D eigenvalue weighted by molar-refractivity contribution is -0.114. The van der Waals surface area contributed by atoms with E-state index in [-0.39, 0.29) is 24.5 Å². The average molecular weight is 399 g/mol. The SMILES string of the molecule is CCC(C)Oc1ccc(NCC(=O)Nc2ccc(C(=O)NCCOC)cc2)cc1. The van der Waals surface area contributed by atoms with Crippen LogP contribution in [0.25, 0.3) is 0 Å². The number of ether oxygens (including phenoxy) is 2. The molecule has 1 unspecified atom stereocenters. The Morgan fingerprint density at radius 1 is 1.00 bits per heavy atom. The second-order valence-corrected chi connectivity index (χ2v) is 6.59. The van der Waals surface area contributed by atoms with Crippen LogP contribution in [0, 0.1) is 0 Å². The fourth-order valence-electron chi connectivity index (χ4n) is 2.43. The average Bonchev–Trinajstić information content (AvgIpc) is 2.73. The van der Waals surface area contributed by atoms with E-state index in [1.165, 1.54) is 0 Å². The molecule has 3 N–H and O–H groups in total. The molecule has 0 aliphatic carbocycles. The third-order valence-electron chi connectivity index (χ3n) is 4.24. The maximum atomic E-state index is 12.1. The molecule has 0 saturated heterocycles. The monoisotopic (exact) mass is 399 g/mol. The van der Waals surface area contributed by atoms with Gasteiger partial charge in [-0.1, -0.05) is 6.92 Å². The van der Waals surface area contributed by atoms with Gasteiger partial charge in [-0.2, -0.15) is 0 Å². The molecule has 7 heteroatoms. The summed E-state index contributed by atoms with van der Waals surface area (Å²) in [5.41, 5.74) is 1.99. The molecule has 0 spiro atoms. The number of nitrogens with one attached hydrogen (secondary N) is 3. The minimum atomic E-state index is -0.178. The number of methoxy groups -OCH3 is 1. The standard InChI is InChI=1S/C22H29N3O4/c1-4-16(2)29-20-11-9-18(10-12-20)24-15-21(26)25-19-7-5-17(6-8-19)22(27)23-13-14-28-3/h5-12,16,24H,4,13-15H2,1-3H3,(H,23,27)(H,25,26). The number of hydrogen-bond acceptors (Lipinski definition) is 5. The molecule has 2 rings (SSSR count). The van der Waals surface area contributed by atoms with Crippen LogP contribution < -0.4 is 20.7 Å². The maximum absolute atomic E-state index is 12.1. The molecule has 2 aromatic rings. The number of carbonyl (C=O) groups excluding carboxylic acids is 2. The highest BCUT2D eigenvalue weighted by molar-refractivity contribution is 5.96. The van der Waals surface area contributed by atoms with Gasteiger partial charge in [0.15, 0.2) is 0 Å². The van der Waals surface area contributed by atoms with Crippen molar-refractivity contribution in [2.45, 2.75) is 26.4 Å². The molecular weight excluding hydrogens is 370 g/mol. The molecule has 0 aliphatic rings. The number of benzene rings is 2. The third kappa shape index (κ3) is 7.83. The predicted molar refractivity (Wildman–Crippen MR) is 115 cm³/mol. The highest BCUT2D eigenvalue weighted by Crippen LogP contribution is 2.17. The van der Waals surface area contributed by atoms with Crippen molar-refractivity contribution in [1.82, 2.24) is 5.32 Å². The first-order valence-electron chi connectivity index (χ1n) is 9.69. The second kappa shape index (κ2) is 11.7. The summed E-state index contributed by atoms with van der Waals surface area (Å²) in [5, 5.41) is 8.62. The first-order chi connectivity index (χ1) is 14.0. The quantitative estimate of drug-likeness (QED) is 0.505. The van der Waals surface area contributed by atoms with E-state index in [9.17, 15) is 9.59 Å². The number of anilines is 2. The molecule has 156 valence electrons. The highest BCUT2D eigenvalue weighted by atomic mass is 16.5. The molecule has 0 aromatic heterocycles. The summed E-state index contributed by atoms with van der Waals surface area (Å²) in [4.78, 5) is 24.1. The fourth-order valence-corrected chi connectivity index (χ4v) is 2.43. The van der Waals surface area contributed by atoms with Crippen molar-refractivity contribution in [3.05, 3.63) is 54.1 Å². The van der Waals surface area contributed by atoms with E-state index in [4.69, 9.17) is 9.47 Å². The highest BCUT2D eigenvalue weighted by Gasteiger charge is 2.07. The van der Waals surface area contributed by atoms with Crippen LogP contribution in [0.2, 0.25) is 0 Å². The van der Waals surface area contributed by atoms with E-state index in [1.807, 2.05) is 31.2 Å². The van der Waals surface area contributed by atoms with E-state index < -0.39 is 0 Å². The fraction of sp³-hybridized carbons (Fsp3) is 0.364. The van der Waals surface area contributed by atoms with Crippen molar-refractivity contribution in [2.24, 2.45) is 0 Å². The van der Waals surface area contributed by atoms with Gasteiger partial charge in [-0.05, 0) is 61.9 Å². The van der Waals surface area contributed by atoms with E-state index in [0.717, 1.165) is 17.9 Å². The summed E-state index contributed by atoms with van der Waals surface area (Å²) in [5.74, 6) is 0.449. The molecule has 0 fully saturated rings. The number of carbonyl (C=O) groups is 2. The maximum Gasteiger partial charge on any atom is 0.251 e. The van der Waals surface area contributed by atoms with Gasteiger partial charge in [0, 0.05) is 30.6 Å². The zero-order valence-corrected chi connectivity index (χ0v) is 17.2. The zero-order valence-electron chi connectivity index (χ0n) is 17.2. The van der Waals surface area contributed by atoms with E-state index in [0.29, 0.717) is 24.4 Å². The Labute approximate surface area is 171 Å². The first kappa shape index (κ1) is 22.2. The molecule has 29 heavy (non-hydrogen) atoms. The van der Waals surface area contributed by atoms with Crippen molar-refractivity contribution < 1.29 is 19.1 Å². The largest absolute Gasteiger partial charge is 0.491 e. The smallest absolute Gasteiger partial charge is 0.251 e. The van der Waals surface area contributed by atoms with Crippen LogP contribution in [0.1, 0.15) is 30.6 Å². The predicted octanol–water partition coefficient (Wildman–Crippen LogP) is 3.29. The molecule has 0 radical (unpaired) electrons. The molecule has 7 nitrogen and oxygen atoms in total. The topological polar surface area (TPSA) is 88.7 Å². The normalized spacial score (nSPS) is 11.4. The van der Waals surface area contributed by atoms with Crippen LogP contribution in [0.5, 0.6) is 5.75 Å². The van der Waals surface area contributed by atoms with Crippen LogP contribution in [0.3, 0.4) is 0 Å². The van der Waals surface area contributed by atoms with Gasteiger partial charge in [-0.3, -0.25) is 9.59 Å². The van der Waals surface area contributed by atoms with Gasteiger partial charge < -0.3 is 25.4 Å². The van der Waals surface area contributed by atoms with Crippen molar-refractivity contribution in [1.29, 1.82) is 0 Å². The molecule has 0 heterocycles. The van der Waals surface area contributed by atoms with Crippen LogP contribution in [0.4, 0.5) is 11.4 Å². The molecule has 1 atom stereocenters. The number of hydrogen-bond donors (Lipinski definition) is 3. The lowest BCUT2D eigenvalue weighted by Gasteiger charge is -2.13. The third-order valence-corrected chi connectivity index (χ3v) is 4.24. The van der Waals surface area contributed by atoms with E-state index in [2.05, 4.69) is 22.9 Å². The molecular formula is C22H29N3O4. The summed E-state index contributed by atoms with van der Waals surface area (Å²) in [7, 11) is 1.58.